The first-order chi connectivity index (χ1) is 8.74. The van der Waals surface area contributed by atoms with Crippen LogP contribution in [0.4, 0.5) is 5.13 Å². The zero-order chi connectivity index (χ0) is 13.0. The van der Waals surface area contributed by atoms with Crippen LogP contribution in [0.2, 0.25) is 0 Å². The van der Waals surface area contributed by atoms with E-state index in [1.54, 1.807) is 14.2 Å². The van der Waals surface area contributed by atoms with Crippen molar-refractivity contribution < 1.29 is 9.47 Å². The van der Waals surface area contributed by atoms with Crippen LogP contribution in [0.15, 0.2) is 18.2 Å². The molecule has 5 nitrogen and oxygen atoms in total. The highest BCUT2D eigenvalue weighted by molar-refractivity contribution is 7.15. The lowest BCUT2D eigenvalue weighted by Crippen LogP contribution is -1.92. The van der Waals surface area contributed by atoms with E-state index in [4.69, 9.17) is 15.2 Å². The van der Waals surface area contributed by atoms with Gasteiger partial charge < -0.3 is 15.2 Å². The third-order valence-corrected chi connectivity index (χ3v) is 3.01. The summed E-state index contributed by atoms with van der Waals surface area (Å²) in [4.78, 5) is 0. The molecule has 18 heavy (non-hydrogen) atoms. The number of hydrogen-bond donors (Lipinski definition) is 1. The molecule has 6 heteroatoms. The fraction of sp³-hybridized carbons (Fsp3) is 0.167. The van der Waals surface area contributed by atoms with Gasteiger partial charge in [-0.2, -0.15) is 0 Å². The van der Waals surface area contributed by atoms with E-state index < -0.39 is 0 Å². The molecule has 0 atom stereocenters. The number of methoxy groups -OCH3 is 2. The number of nitrogens with two attached hydrogens (primary N) is 1. The van der Waals surface area contributed by atoms with Crippen LogP contribution in [0.25, 0.3) is 12.2 Å². The zero-order valence-corrected chi connectivity index (χ0v) is 10.9. The van der Waals surface area contributed by atoms with Crippen molar-refractivity contribution in [1.29, 1.82) is 0 Å². The highest BCUT2D eigenvalue weighted by Crippen LogP contribution is 2.32. The van der Waals surface area contributed by atoms with Gasteiger partial charge in [-0.3, -0.25) is 0 Å². The van der Waals surface area contributed by atoms with Gasteiger partial charge >= 0.3 is 0 Å². The first-order valence-electron chi connectivity index (χ1n) is 5.22. The number of ether oxygens (including phenoxy) is 2. The van der Waals surface area contributed by atoms with Crippen LogP contribution in [0.1, 0.15) is 10.6 Å². The molecule has 0 aliphatic heterocycles. The van der Waals surface area contributed by atoms with Crippen LogP contribution in [0.3, 0.4) is 0 Å². The van der Waals surface area contributed by atoms with E-state index in [9.17, 15) is 0 Å². The molecule has 1 aromatic carbocycles. The molecule has 94 valence electrons. The first-order valence-corrected chi connectivity index (χ1v) is 6.04. The van der Waals surface area contributed by atoms with Gasteiger partial charge in [-0.25, -0.2) is 0 Å². The number of aromatic nitrogens is 2. The molecular formula is C12H13N3O2S. The zero-order valence-electron chi connectivity index (χ0n) is 10.1. The fourth-order valence-electron chi connectivity index (χ4n) is 1.52. The predicted molar refractivity (Wildman–Crippen MR) is 72.8 cm³/mol. The lowest BCUT2D eigenvalue weighted by molar-refractivity contribution is 0.354. The molecule has 0 saturated carbocycles. The van der Waals surface area contributed by atoms with Crippen molar-refractivity contribution in [2.75, 3.05) is 20.0 Å². The minimum absolute atomic E-state index is 0.451. The van der Waals surface area contributed by atoms with Crippen molar-refractivity contribution in [3.8, 4) is 11.5 Å². The monoisotopic (exact) mass is 263 g/mol. The molecule has 2 N–H and O–H groups in total. The van der Waals surface area contributed by atoms with Gasteiger partial charge in [-0.05, 0) is 18.2 Å². The van der Waals surface area contributed by atoms with Gasteiger partial charge in [-0.1, -0.05) is 23.5 Å². The van der Waals surface area contributed by atoms with Crippen molar-refractivity contribution in [2.24, 2.45) is 0 Å². The second-order valence-corrected chi connectivity index (χ2v) is 4.44. The van der Waals surface area contributed by atoms with E-state index >= 15 is 0 Å². The number of para-hydroxylation sites is 1. The number of benzene rings is 1. The molecule has 0 aliphatic rings. The number of hydrogen-bond acceptors (Lipinski definition) is 6. The molecule has 0 radical (unpaired) electrons. The summed E-state index contributed by atoms with van der Waals surface area (Å²) in [6.45, 7) is 0. The second kappa shape index (κ2) is 5.50. The molecule has 0 aliphatic carbocycles. The molecule has 2 aromatic rings. The fourth-order valence-corrected chi connectivity index (χ4v) is 2.03. The minimum Gasteiger partial charge on any atom is -0.493 e. The van der Waals surface area contributed by atoms with E-state index in [2.05, 4.69) is 10.2 Å². The van der Waals surface area contributed by atoms with Gasteiger partial charge in [0.05, 0.1) is 14.2 Å². The number of nitrogens with zero attached hydrogens (tertiary/aromatic N) is 2. The van der Waals surface area contributed by atoms with Crippen LogP contribution < -0.4 is 15.2 Å². The largest absolute Gasteiger partial charge is 0.493 e. The average Bonchev–Trinajstić information content (AvgIpc) is 2.81. The third-order valence-electron chi connectivity index (χ3n) is 2.30. The topological polar surface area (TPSA) is 70.3 Å². The lowest BCUT2D eigenvalue weighted by atomic mass is 10.1. The van der Waals surface area contributed by atoms with E-state index in [1.165, 1.54) is 11.3 Å². The Labute approximate surface area is 109 Å². The molecule has 0 unspecified atom stereocenters. The van der Waals surface area contributed by atoms with E-state index in [-0.39, 0.29) is 0 Å². The van der Waals surface area contributed by atoms with Crippen LogP contribution in [-0.2, 0) is 0 Å². The molecule has 1 heterocycles. The Kier molecular flexibility index (Phi) is 3.78. The Hall–Kier alpha value is -2.08. The molecule has 0 spiro atoms. The van der Waals surface area contributed by atoms with Crippen molar-refractivity contribution in [2.45, 2.75) is 0 Å². The summed E-state index contributed by atoms with van der Waals surface area (Å²) < 4.78 is 10.6. The van der Waals surface area contributed by atoms with Gasteiger partial charge in [0.25, 0.3) is 0 Å². The van der Waals surface area contributed by atoms with Gasteiger partial charge in [0.1, 0.15) is 5.01 Å². The van der Waals surface area contributed by atoms with Crippen LogP contribution in [0, 0.1) is 0 Å². The summed E-state index contributed by atoms with van der Waals surface area (Å²) in [6.07, 6.45) is 3.73. The number of anilines is 1. The Morgan fingerprint density at radius 3 is 2.61 bits per heavy atom. The normalized spacial score (nSPS) is 10.8. The van der Waals surface area contributed by atoms with Crippen LogP contribution >= 0.6 is 11.3 Å². The van der Waals surface area contributed by atoms with Crippen LogP contribution in [-0.4, -0.2) is 24.4 Å². The molecular weight excluding hydrogens is 250 g/mol. The summed E-state index contributed by atoms with van der Waals surface area (Å²) in [7, 11) is 3.22. The minimum atomic E-state index is 0.451. The van der Waals surface area contributed by atoms with Gasteiger partial charge in [0.15, 0.2) is 11.5 Å². The molecule has 2 rings (SSSR count). The maximum absolute atomic E-state index is 5.52. The maximum Gasteiger partial charge on any atom is 0.203 e. The maximum atomic E-state index is 5.52. The smallest absolute Gasteiger partial charge is 0.203 e. The van der Waals surface area contributed by atoms with Crippen molar-refractivity contribution in [1.82, 2.24) is 10.2 Å². The van der Waals surface area contributed by atoms with Crippen LogP contribution in [0.5, 0.6) is 11.5 Å². The average molecular weight is 263 g/mol. The number of nitrogen functional groups attached to an aromatic ring is 1. The Morgan fingerprint density at radius 2 is 2.00 bits per heavy atom. The lowest BCUT2D eigenvalue weighted by Gasteiger charge is -2.09. The molecule has 0 fully saturated rings. The third kappa shape index (κ3) is 2.60. The first kappa shape index (κ1) is 12.4. The summed E-state index contributed by atoms with van der Waals surface area (Å²) in [5.74, 6) is 1.38. The van der Waals surface area contributed by atoms with E-state index in [0.29, 0.717) is 16.6 Å². The summed E-state index contributed by atoms with van der Waals surface area (Å²) in [5, 5.41) is 8.86. The Morgan fingerprint density at radius 1 is 1.17 bits per heavy atom. The van der Waals surface area contributed by atoms with Gasteiger partial charge in [0.2, 0.25) is 5.13 Å². The molecule has 0 bridgehead atoms. The number of rotatable bonds is 4. The second-order valence-electron chi connectivity index (χ2n) is 3.39. The van der Waals surface area contributed by atoms with Crippen molar-refractivity contribution in [3.63, 3.8) is 0 Å². The predicted octanol–water partition coefficient (Wildman–Crippen LogP) is 2.31. The highest BCUT2D eigenvalue weighted by atomic mass is 32.1. The molecule has 0 saturated heterocycles. The Balaban J connectivity index is 2.31. The standard InChI is InChI=1S/C12H13N3O2S/c1-16-9-5-3-4-8(11(9)17-2)6-7-10-14-15-12(13)18-10/h3-7H,1-2H3,(H2,13,15)/b7-6+. The van der Waals surface area contributed by atoms with Crippen molar-refractivity contribution in [3.05, 3.63) is 28.8 Å². The molecule has 1 aromatic heterocycles. The summed E-state index contributed by atoms with van der Waals surface area (Å²) in [5.41, 5.74) is 6.42. The molecule has 0 amide bonds. The summed E-state index contributed by atoms with van der Waals surface area (Å²) in [6, 6.07) is 5.68. The van der Waals surface area contributed by atoms with E-state index in [0.717, 1.165) is 10.6 Å². The van der Waals surface area contributed by atoms with Gasteiger partial charge in [-0.15, -0.1) is 10.2 Å². The quantitative estimate of drug-likeness (QED) is 0.916. The Bertz CT molecular complexity index is 566. The summed E-state index contributed by atoms with van der Waals surface area (Å²) >= 11 is 1.33. The highest BCUT2D eigenvalue weighted by Gasteiger charge is 2.06. The van der Waals surface area contributed by atoms with Gasteiger partial charge in [0, 0.05) is 5.56 Å². The van der Waals surface area contributed by atoms with Crippen molar-refractivity contribution >= 4 is 28.6 Å². The SMILES string of the molecule is COc1cccc(/C=C/c2nnc(N)s2)c1OC. The van der Waals surface area contributed by atoms with E-state index in [1.807, 2.05) is 30.4 Å².